The number of fused-ring (bicyclic) bond motifs is 1. The van der Waals surface area contributed by atoms with Crippen LogP contribution < -0.4 is 5.32 Å². The molecule has 1 aromatic heterocycles. The molecule has 1 amide bonds. The van der Waals surface area contributed by atoms with E-state index in [1.54, 1.807) is 11.3 Å². The molecule has 2 heterocycles. The molecule has 82 valence electrons. The van der Waals surface area contributed by atoms with Crippen molar-refractivity contribution >= 4 is 27.3 Å². The van der Waals surface area contributed by atoms with Gasteiger partial charge in [0.25, 0.3) is 5.91 Å². The van der Waals surface area contributed by atoms with Crippen molar-refractivity contribution in [3.8, 4) is 0 Å². The second-order valence-electron chi connectivity index (χ2n) is 3.83. The number of hydrogen-bond donors (Lipinski definition) is 1. The zero-order valence-electron chi connectivity index (χ0n) is 8.60. The maximum atomic E-state index is 11.4. The van der Waals surface area contributed by atoms with Crippen molar-refractivity contribution in [3.05, 3.63) is 35.2 Å². The molecule has 1 saturated heterocycles. The number of ether oxygens (including phenoxy) is 1. The number of nitrogens with one attached hydrogen (secondary N) is 1. The summed E-state index contributed by atoms with van der Waals surface area (Å²) < 4.78 is 6.18. The van der Waals surface area contributed by atoms with Crippen LogP contribution in [0.2, 0.25) is 0 Å². The Hall–Kier alpha value is -1.39. The van der Waals surface area contributed by atoms with Gasteiger partial charge in [-0.2, -0.15) is 0 Å². The van der Waals surface area contributed by atoms with Crippen LogP contribution in [-0.2, 0) is 16.1 Å². The van der Waals surface area contributed by atoms with Crippen LogP contribution in [0.1, 0.15) is 5.56 Å². The molecule has 0 radical (unpaired) electrons. The van der Waals surface area contributed by atoms with Gasteiger partial charge in [0, 0.05) is 11.2 Å². The largest absolute Gasteiger partial charge is 0.363 e. The summed E-state index contributed by atoms with van der Waals surface area (Å²) in [7, 11) is 0. The van der Waals surface area contributed by atoms with Crippen molar-refractivity contribution < 1.29 is 9.53 Å². The van der Waals surface area contributed by atoms with Crippen LogP contribution in [0.25, 0.3) is 10.1 Å². The van der Waals surface area contributed by atoms with Gasteiger partial charge >= 0.3 is 0 Å². The van der Waals surface area contributed by atoms with E-state index >= 15 is 0 Å². The van der Waals surface area contributed by atoms with Crippen LogP contribution in [0.5, 0.6) is 0 Å². The first-order valence-electron chi connectivity index (χ1n) is 5.18. The van der Waals surface area contributed by atoms with E-state index in [0.717, 1.165) is 5.56 Å². The quantitative estimate of drug-likeness (QED) is 0.823. The van der Waals surface area contributed by atoms with E-state index in [1.165, 1.54) is 10.1 Å². The van der Waals surface area contributed by atoms with Crippen LogP contribution in [0.15, 0.2) is 29.6 Å². The van der Waals surface area contributed by atoms with Gasteiger partial charge in [0.05, 0.1) is 6.61 Å². The first-order valence-corrected chi connectivity index (χ1v) is 6.06. The molecular formula is C12H11NO2S. The molecule has 1 aliphatic heterocycles. The third-order valence-electron chi connectivity index (χ3n) is 2.61. The van der Waals surface area contributed by atoms with Gasteiger partial charge in [0.1, 0.15) is 0 Å². The molecule has 3 nitrogen and oxygen atoms in total. The SMILES string of the molecule is O=C(NCc1ccc2sccc2c1)C1CO1. The number of benzene rings is 1. The van der Waals surface area contributed by atoms with Crippen molar-refractivity contribution in [1.82, 2.24) is 5.32 Å². The minimum Gasteiger partial charge on any atom is -0.363 e. The molecule has 4 heteroatoms. The molecule has 1 unspecified atom stereocenters. The lowest BCUT2D eigenvalue weighted by atomic mass is 10.1. The van der Waals surface area contributed by atoms with Crippen molar-refractivity contribution in [2.24, 2.45) is 0 Å². The summed E-state index contributed by atoms with van der Waals surface area (Å²) in [5.41, 5.74) is 1.12. The molecular weight excluding hydrogens is 222 g/mol. The molecule has 0 spiro atoms. The third kappa shape index (κ3) is 1.94. The molecule has 3 rings (SSSR count). The monoisotopic (exact) mass is 233 g/mol. The predicted octanol–water partition coefficient (Wildman–Crippen LogP) is 1.92. The van der Waals surface area contributed by atoms with E-state index in [4.69, 9.17) is 4.74 Å². The van der Waals surface area contributed by atoms with Gasteiger partial charge in [-0.25, -0.2) is 0 Å². The Labute approximate surface area is 97.0 Å². The second-order valence-corrected chi connectivity index (χ2v) is 4.78. The van der Waals surface area contributed by atoms with Gasteiger partial charge in [0.15, 0.2) is 6.10 Å². The number of thiophene rings is 1. The first kappa shape index (κ1) is 9.81. The smallest absolute Gasteiger partial charge is 0.251 e. The van der Waals surface area contributed by atoms with Gasteiger partial charge < -0.3 is 10.1 Å². The van der Waals surface area contributed by atoms with Crippen LogP contribution in [0.4, 0.5) is 0 Å². The Morgan fingerprint density at radius 2 is 2.38 bits per heavy atom. The zero-order chi connectivity index (χ0) is 11.0. The summed E-state index contributed by atoms with van der Waals surface area (Å²) in [5.74, 6) is -0.00887. The second kappa shape index (κ2) is 3.88. The van der Waals surface area contributed by atoms with Crippen molar-refractivity contribution in [1.29, 1.82) is 0 Å². The lowest BCUT2D eigenvalue weighted by Gasteiger charge is -2.03. The minimum atomic E-state index is -0.204. The summed E-state index contributed by atoms with van der Waals surface area (Å²) in [5, 5.41) is 6.17. The minimum absolute atomic E-state index is 0.00887. The molecule has 1 N–H and O–H groups in total. The summed E-state index contributed by atoms with van der Waals surface area (Å²) in [6.07, 6.45) is -0.204. The standard InChI is InChI=1S/C12H11NO2S/c14-12(10-7-15-10)13-6-8-1-2-11-9(5-8)3-4-16-11/h1-5,10H,6-7H2,(H,13,14). The lowest BCUT2D eigenvalue weighted by molar-refractivity contribution is -0.122. The Balaban J connectivity index is 1.70. The third-order valence-corrected chi connectivity index (χ3v) is 3.51. The Morgan fingerprint density at radius 3 is 3.19 bits per heavy atom. The fourth-order valence-corrected chi connectivity index (χ4v) is 2.40. The van der Waals surface area contributed by atoms with Crippen molar-refractivity contribution in [2.45, 2.75) is 12.6 Å². The van der Waals surface area contributed by atoms with Gasteiger partial charge in [-0.1, -0.05) is 6.07 Å². The number of rotatable bonds is 3. The highest BCUT2D eigenvalue weighted by molar-refractivity contribution is 7.17. The van der Waals surface area contributed by atoms with E-state index in [2.05, 4.69) is 28.9 Å². The molecule has 0 aliphatic carbocycles. The number of carbonyl (C=O) groups is 1. The average Bonchev–Trinajstić information content (AvgIpc) is 3.04. The zero-order valence-corrected chi connectivity index (χ0v) is 9.42. The molecule has 1 fully saturated rings. The summed E-state index contributed by atoms with van der Waals surface area (Å²) in [4.78, 5) is 11.4. The molecule has 16 heavy (non-hydrogen) atoms. The normalized spacial score (nSPS) is 18.6. The van der Waals surface area contributed by atoms with Gasteiger partial charge in [-0.3, -0.25) is 4.79 Å². The molecule has 1 aromatic carbocycles. The Morgan fingerprint density at radius 1 is 1.50 bits per heavy atom. The summed E-state index contributed by atoms with van der Waals surface area (Å²) >= 11 is 1.73. The highest BCUT2D eigenvalue weighted by atomic mass is 32.1. The van der Waals surface area contributed by atoms with Crippen molar-refractivity contribution in [3.63, 3.8) is 0 Å². The maximum absolute atomic E-state index is 11.4. The maximum Gasteiger partial charge on any atom is 0.251 e. The fourth-order valence-electron chi connectivity index (χ4n) is 1.63. The van der Waals surface area contributed by atoms with Crippen molar-refractivity contribution in [2.75, 3.05) is 6.61 Å². The average molecular weight is 233 g/mol. The van der Waals surface area contributed by atoms with E-state index in [9.17, 15) is 4.79 Å². The van der Waals surface area contributed by atoms with Crippen LogP contribution in [-0.4, -0.2) is 18.6 Å². The van der Waals surface area contributed by atoms with Crippen LogP contribution in [0.3, 0.4) is 0 Å². The van der Waals surface area contributed by atoms with Gasteiger partial charge in [0.2, 0.25) is 0 Å². The van der Waals surface area contributed by atoms with Crippen LogP contribution in [0, 0.1) is 0 Å². The fraction of sp³-hybridized carbons (Fsp3) is 0.250. The topological polar surface area (TPSA) is 41.6 Å². The highest BCUT2D eigenvalue weighted by Gasteiger charge is 2.30. The Bertz CT molecular complexity index is 531. The first-order chi connectivity index (χ1) is 7.83. The number of amides is 1. The lowest BCUT2D eigenvalue weighted by Crippen LogP contribution is -2.27. The molecule has 0 bridgehead atoms. The van der Waals surface area contributed by atoms with Crippen LogP contribution >= 0.6 is 11.3 Å². The molecule has 2 aromatic rings. The molecule has 1 atom stereocenters. The highest BCUT2D eigenvalue weighted by Crippen LogP contribution is 2.21. The Kier molecular flexibility index (Phi) is 2.38. The van der Waals surface area contributed by atoms with E-state index in [1.807, 2.05) is 6.07 Å². The predicted molar refractivity (Wildman–Crippen MR) is 63.4 cm³/mol. The summed E-state index contributed by atoms with van der Waals surface area (Å²) in [6.45, 7) is 1.14. The number of carbonyl (C=O) groups excluding carboxylic acids is 1. The van der Waals surface area contributed by atoms with Gasteiger partial charge in [-0.15, -0.1) is 11.3 Å². The number of hydrogen-bond acceptors (Lipinski definition) is 3. The van der Waals surface area contributed by atoms with E-state index in [-0.39, 0.29) is 12.0 Å². The van der Waals surface area contributed by atoms with E-state index in [0.29, 0.717) is 13.2 Å². The molecule has 1 aliphatic rings. The van der Waals surface area contributed by atoms with Gasteiger partial charge in [-0.05, 0) is 34.5 Å². The summed E-state index contributed by atoms with van der Waals surface area (Å²) in [6, 6.07) is 8.34. The number of epoxide rings is 1. The van der Waals surface area contributed by atoms with E-state index < -0.39 is 0 Å². The molecule has 0 saturated carbocycles.